The Morgan fingerprint density at radius 2 is 1.91 bits per heavy atom. The van der Waals surface area contributed by atoms with Gasteiger partial charge in [0.2, 0.25) is 5.91 Å². The fourth-order valence-electron chi connectivity index (χ4n) is 3.26. The van der Waals surface area contributed by atoms with Gasteiger partial charge in [0.15, 0.2) is 0 Å². The summed E-state index contributed by atoms with van der Waals surface area (Å²) >= 11 is 0. The van der Waals surface area contributed by atoms with Crippen molar-refractivity contribution in [3.63, 3.8) is 0 Å². The van der Waals surface area contributed by atoms with E-state index in [2.05, 4.69) is 9.97 Å². The number of pyridine rings is 2. The smallest absolute Gasteiger partial charge is 0.433 e. The first kappa shape index (κ1) is 23.6. The number of amides is 2. The van der Waals surface area contributed by atoms with Crippen LogP contribution < -0.4 is 15.4 Å². The van der Waals surface area contributed by atoms with E-state index in [9.17, 15) is 27.2 Å². The highest BCUT2D eigenvalue weighted by Crippen LogP contribution is 2.38. The van der Waals surface area contributed by atoms with E-state index >= 15 is 0 Å². The minimum atomic E-state index is -4.80. The predicted molar refractivity (Wildman–Crippen MR) is 111 cm³/mol. The summed E-state index contributed by atoms with van der Waals surface area (Å²) in [5, 5.41) is 0. The zero-order chi connectivity index (χ0) is 24.3. The van der Waals surface area contributed by atoms with Gasteiger partial charge in [0, 0.05) is 23.0 Å². The third kappa shape index (κ3) is 5.08. The maximum absolute atomic E-state index is 14.8. The van der Waals surface area contributed by atoms with E-state index < -0.39 is 36.0 Å². The van der Waals surface area contributed by atoms with E-state index in [1.807, 2.05) is 0 Å². The highest BCUT2D eigenvalue weighted by Gasteiger charge is 2.34. The summed E-state index contributed by atoms with van der Waals surface area (Å²) in [6.07, 6.45) is -2.29. The van der Waals surface area contributed by atoms with Crippen LogP contribution in [0.3, 0.4) is 0 Å². The molecule has 0 bridgehead atoms. The molecule has 2 N–H and O–H groups in total. The Hall–Kier alpha value is -4.02. The summed E-state index contributed by atoms with van der Waals surface area (Å²) in [4.78, 5) is 33.3. The first-order chi connectivity index (χ1) is 15.5. The van der Waals surface area contributed by atoms with Crippen molar-refractivity contribution < 1.29 is 31.9 Å². The van der Waals surface area contributed by atoms with Crippen LogP contribution in [0.2, 0.25) is 0 Å². The number of halogens is 4. The van der Waals surface area contributed by atoms with Crippen molar-refractivity contribution in [1.82, 2.24) is 9.97 Å². The van der Waals surface area contributed by atoms with Crippen LogP contribution in [-0.4, -0.2) is 35.4 Å². The first-order valence-corrected chi connectivity index (χ1v) is 9.46. The summed E-state index contributed by atoms with van der Waals surface area (Å²) in [5.41, 5.74) is 3.64. The molecule has 0 unspecified atom stereocenters. The number of anilines is 1. The fraction of sp³-hybridized carbons (Fsp3) is 0.182. The molecule has 3 rings (SSSR count). The predicted octanol–water partition coefficient (Wildman–Crippen LogP) is 3.75. The van der Waals surface area contributed by atoms with Crippen LogP contribution >= 0.6 is 0 Å². The van der Waals surface area contributed by atoms with Crippen molar-refractivity contribution in [3.8, 4) is 16.9 Å². The first-order valence-electron chi connectivity index (χ1n) is 9.46. The molecule has 11 heteroatoms. The molecule has 33 heavy (non-hydrogen) atoms. The van der Waals surface area contributed by atoms with Gasteiger partial charge in [-0.25, -0.2) is 9.37 Å². The number of methoxy groups -OCH3 is 1. The van der Waals surface area contributed by atoms with Gasteiger partial charge in [-0.15, -0.1) is 0 Å². The van der Waals surface area contributed by atoms with Crippen molar-refractivity contribution >= 4 is 17.5 Å². The number of aryl methyl sites for hydroxylation is 1. The Labute approximate surface area is 185 Å². The SMILES string of the molecule is COc1cccc(F)c1-c1ccncc1N(CC(N)=O)C(=O)c1cc(C)nc(C(F)(F)F)c1. The molecule has 172 valence electrons. The molecule has 0 fully saturated rings. The van der Waals surface area contributed by atoms with Crippen molar-refractivity contribution in [2.75, 3.05) is 18.6 Å². The number of carbonyl (C=O) groups is 2. The molecule has 0 radical (unpaired) electrons. The number of alkyl halides is 3. The lowest BCUT2D eigenvalue weighted by molar-refractivity contribution is -0.141. The molecule has 2 aromatic heterocycles. The molecule has 0 saturated heterocycles. The number of nitrogens with two attached hydrogens (primary N) is 1. The van der Waals surface area contributed by atoms with Crippen LogP contribution in [0.25, 0.3) is 11.1 Å². The number of aromatic nitrogens is 2. The number of nitrogens with zero attached hydrogens (tertiary/aromatic N) is 3. The highest BCUT2D eigenvalue weighted by molar-refractivity contribution is 6.10. The van der Waals surface area contributed by atoms with Gasteiger partial charge >= 0.3 is 6.18 Å². The van der Waals surface area contributed by atoms with Crippen molar-refractivity contribution in [3.05, 3.63) is 71.6 Å². The molecular formula is C22H18F4N4O3. The lowest BCUT2D eigenvalue weighted by Gasteiger charge is -2.25. The second-order valence-corrected chi connectivity index (χ2v) is 6.95. The molecule has 0 aliphatic carbocycles. The van der Waals surface area contributed by atoms with E-state index in [1.165, 1.54) is 50.7 Å². The Bertz CT molecular complexity index is 1210. The molecule has 2 heterocycles. The molecule has 0 aliphatic heterocycles. The Morgan fingerprint density at radius 1 is 1.18 bits per heavy atom. The van der Waals surface area contributed by atoms with Gasteiger partial charge in [-0.05, 0) is 37.3 Å². The second-order valence-electron chi connectivity index (χ2n) is 6.95. The van der Waals surface area contributed by atoms with Gasteiger partial charge in [-0.1, -0.05) is 6.07 Å². The summed E-state index contributed by atoms with van der Waals surface area (Å²) in [7, 11) is 1.32. The number of benzene rings is 1. The van der Waals surface area contributed by atoms with Gasteiger partial charge in [0.05, 0.1) is 24.6 Å². The maximum Gasteiger partial charge on any atom is 0.433 e. The zero-order valence-electron chi connectivity index (χ0n) is 17.5. The van der Waals surface area contributed by atoms with Crippen LogP contribution in [0.4, 0.5) is 23.2 Å². The van der Waals surface area contributed by atoms with Crippen LogP contribution in [-0.2, 0) is 11.0 Å². The largest absolute Gasteiger partial charge is 0.496 e. The molecular weight excluding hydrogens is 444 g/mol. The topological polar surface area (TPSA) is 98.4 Å². The summed E-state index contributed by atoms with van der Waals surface area (Å²) in [6.45, 7) is 0.598. The summed E-state index contributed by atoms with van der Waals surface area (Å²) < 4.78 is 59.7. The standard InChI is InChI=1S/C22H18F4N4O3/c1-12-8-13(9-18(29-12)22(24,25)26)21(32)30(11-19(27)31)16-10-28-7-6-14(16)20-15(23)4-3-5-17(20)33-2/h3-10H,11H2,1-2H3,(H2,27,31). The summed E-state index contributed by atoms with van der Waals surface area (Å²) in [5.74, 6) is -2.48. The Kier molecular flexibility index (Phi) is 6.61. The number of hydrogen-bond acceptors (Lipinski definition) is 5. The van der Waals surface area contributed by atoms with E-state index in [-0.39, 0.29) is 33.8 Å². The summed E-state index contributed by atoms with van der Waals surface area (Å²) in [6, 6.07) is 7.18. The van der Waals surface area contributed by atoms with Gasteiger partial charge in [0.25, 0.3) is 5.91 Å². The number of carbonyl (C=O) groups excluding carboxylic acids is 2. The van der Waals surface area contributed by atoms with Crippen molar-refractivity contribution in [1.29, 1.82) is 0 Å². The highest BCUT2D eigenvalue weighted by atomic mass is 19.4. The van der Waals surface area contributed by atoms with E-state index in [0.29, 0.717) is 6.07 Å². The molecule has 0 aliphatic rings. The fourth-order valence-corrected chi connectivity index (χ4v) is 3.26. The zero-order valence-corrected chi connectivity index (χ0v) is 17.5. The van der Waals surface area contributed by atoms with Gasteiger partial charge in [-0.2, -0.15) is 13.2 Å². The van der Waals surface area contributed by atoms with E-state index in [1.54, 1.807) is 0 Å². The number of primary amides is 1. The Balaban J connectivity index is 2.21. The van der Waals surface area contributed by atoms with Crippen LogP contribution in [0.5, 0.6) is 5.75 Å². The molecule has 7 nitrogen and oxygen atoms in total. The average molecular weight is 462 g/mol. The number of rotatable bonds is 6. The van der Waals surface area contributed by atoms with Crippen molar-refractivity contribution in [2.45, 2.75) is 13.1 Å². The van der Waals surface area contributed by atoms with Crippen LogP contribution in [0.1, 0.15) is 21.7 Å². The number of hydrogen-bond donors (Lipinski definition) is 1. The van der Waals surface area contributed by atoms with Crippen LogP contribution in [0, 0.1) is 12.7 Å². The minimum Gasteiger partial charge on any atom is -0.496 e. The lowest BCUT2D eigenvalue weighted by Crippen LogP contribution is -2.39. The molecule has 0 atom stereocenters. The maximum atomic E-state index is 14.8. The van der Waals surface area contributed by atoms with Crippen LogP contribution in [0.15, 0.2) is 48.8 Å². The molecule has 0 spiro atoms. The average Bonchev–Trinajstić information content (AvgIpc) is 2.75. The minimum absolute atomic E-state index is 0.0263. The molecule has 1 aromatic carbocycles. The quantitative estimate of drug-likeness (QED) is 0.563. The third-order valence-corrected chi connectivity index (χ3v) is 4.61. The Morgan fingerprint density at radius 3 is 2.55 bits per heavy atom. The van der Waals surface area contributed by atoms with Gasteiger partial charge < -0.3 is 10.5 Å². The van der Waals surface area contributed by atoms with Gasteiger partial charge in [-0.3, -0.25) is 19.5 Å². The van der Waals surface area contributed by atoms with Gasteiger partial charge in [0.1, 0.15) is 23.8 Å². The van der Waals surface area contributed by atoms with E-state index in [4.69, 9.17) is 10.5 Å². The molecule has 3 aromatic rings. The molecule has 2 amide bonds. The lowest BCUT2D eigenvalue weighted by atomic mass is 10.0. The molecule has 0 saturated carbocycles. The van der Waals surface area contributed by atoms with Crippen molar-refractivity contribution in [2.24, 2.45) is 5.73 Å². The monoisotopic (exact) mass is 462 g/mol. The normalized spacial score (nSPS) is 11.2. The second kappa shape index (κ2) is 9.23. The van der Waals surface area contributed by atoms with E-state index in [0.717, 1.165) is 11.0 Å². The number of ether oxygens (including phenoxy) is 1. The third-order valence-electron chi connectivity index (χ3n) is 4.61.